The second-order valence-corrected chi connectivity index (χ2v) is 4.15. The quantitative estimate of drug-likeness (QED) is 0.825. The lowest BCUT2D eigenvalue weighted by molar-refractivity contribution is -0.114. The number of carbonyl (C=O) groups is 1. The van der Waals surface area contributed by atoms with Gasteiger partial charge in [-0.3, -0.25) is 4.79 Å². The smallest absolute Gasteiger partial charge is 0.221 e. The average Bonchev–Trinajstić information content (AvgIpc) is 2.15. The maximum absolute atomic E-state index is 13.3. The minimum atomic E-state index is -0.408. The van der Waals surface area contributed by atoms with E-state index in [1.165, 1.54) is 19.4 Å². The predicted molar refractivity (Wildman–Crippen MR) is 62.0 cm³/mol. The number of carbonyl (C=O) groups excluding carboxylic acids is 1. The Morgan fingerprint density at radius 2 is 2.19 bits per heavy atom. The molecule has 0 heterocycles. The highest BCUT2D eigenvalue weighted by Gasteiger charge is 2.17. The van der Waals surface area contributed by atoms with Gasteiger partial charge in [0.25, 0.3) is 0 Å². The molecule has 0 aliphatic heterocycles. The number of nitrogens with one attached hydrogen (secondary N) is 2. The summed E-state index contributed by atoms with van der Waals surface area (Å²) in [5.74, 6) is -0.672. The van der Waals surface area contributed by atoms with Crippen molar-refractivity contribution in [3.63, 3.8) is 0 Å². The Balaban J connectivity index is 2.10. The van der Waals surface area contributed by atoms with Crippen LogP contribution < -0.4 is 10.6 Å². The molecule has 1 aromatic carbocycles. The van der Waals surface area contributed by atoms with E-state index in [4.69, 9.17) is 0 Å². The third-order valence-corrected chi connectivity index (χ3v) is 2.75. The molecule has 0 atom stereocenters. The summed E-state index contributed by atoms with van der Waals surface area (Å²) in [7, 11) is 0. The molecule has 0 bridgehead atoms. The predicted octanol–water partition coefficient (Wildman–Crippen LogP) is 2.75. The van der Waals surface area contributed by atoms with E-state index in [-0.39, 0.29) is 11.6 Å². The normalized spacial score (nSPS) is 15.4. The number of anilines is 2. The van der Waals surface area contributed by atoms with Crippen molar-refractivity contribution in [2.45, 2.75) is 32.2 Å². The summed E-state index contributed by atoms with van der Waals surface area (Å²) in [5.41, 5.74) is 1.09. The van der Waals surface area contributed by atoms with Gasteiger partial charge in [-0.1, -0.05) is 0 Å². The first-order chi connectivity index (χ1) is 7.65. The molecule has 0 radical (unpaired) electrons. The highest BCUT2D eigenvalue weighted by atomic mass is 19.1. The lowest BCUT2D eigenvalue weighted by Gasteiger charge is -2.27. The molecule has 0 spiro atoms. The van der Waals surface area contributed by atoms with E-state index in [9.17, 15) is 9.18 Å². The largest absolute Gasteiger partial charge is 0.382 e. The number of amides is 1. The number of hydrogen-bond donors (Lipinski definition) is 2. The maximum atomic E-state index is 13.3. The van der Waals surface area contributed by atoms with Crippen molar-refractivity contribution in [3.05, 3.63) is 24.0 Å². The van der Waals surface area contributed by atoms with Crippen LogP contribution in [-0.2, 0) is 4.79 Å². The molecular formula is C12H15FN2O. The van der Waals surface area contributed by atoms with Gasteiger partial charge in [-0.25, -0.2) is 4.39 Å². The Bertz CT molecular complexity index is 402. The standard InChI is InChI=1S/C12H15FN2O/c1-8(16)14-12-7-10(5-6-11(12)13)15-9-3-2-4-9/h5-7,9,15H,2-4H2,1H3,(H,14,16). The van der Waals surface area contributed by atoms with Crippen molar-refractivity contribution in [1.82, 2.24) is 0 Å². The number of hydrogen-bond acceptors (Lipinski definition) is 2. The molecule has 1 fully saturated rings. The van der Waals surface area contributed by atoms with Gasteiger partial charge in [0, 0.05) is 18.7 Å². The van der Waals surface area contributed by atoms with Crippen LogP contribution in [0.5, 0.6) is 0 Å². The third-order valence-electron chi connectivity index (χ3n) is 2.75. The van der Waals surface area contributed by atoms with Gasteiger partial charge in [-0.2, -0.15) is 0 Å². The van der Waals surface area contributed by atoms with Crippen molar-refractivity contribution in [2.75, 3.05) is 10.6 Å². The van der Waals surface area contributed by atoms with E-state index in [1.54, 1.807) is 12.1 Å². The van der Waals surface area contributed by atoms with Gasteiger partial charge in [0.2, 0.25) is 5.91 Å². The van der Waals surface area contributed by atoms with Crippen LogP contribution in [0.1, 0.15) is 26.2 Å². The number of benzene rings is 1. The zero-order valence-corrected chi connectivity index (χ0v) is 9.22. The van der Waals surface area contributed by atoms with E-state index < -0.39 is 5.82 Å². The summed E-state index contributed by atoms with van der Waals surface area (Å²) in [6, 6.07) is 5.19. The molecule has 16 heavy (non-hydrogen) atoms. The Kier molecular flexibility index (Phi) is 3.08. The highest BCUT2D eigenvalue weighted by Crippen LogP contribution is 2.25. The molecule has 2 N–H and O–H groups in total. The molecule has 1 saturated carbocycles. The third kappa shape index (κ3) is 2.51. The van der Waals surface area contributed by atoms with E-state index in [1.807, 2.05) is 0 Å². The molecular weight excluding hydrogens is 207 g/mol. The van der Waals surface area contributed by atoms with Gasteiger partial charge < -0.3 is 10.6 Å². The molecule has 1 aromatic rings. The van der Waals surface area contributed by atoms with E-state index in [0.29, 0.717) is 6.04 Å². The van der Waals surface area contributed by atoms with Crippen LogP contribution in [0.4, 0.5) is 15.8 Å². The molecule has 3 nitrogen and oxygen atoms in total. The van der Waals surface area contributed by atoms with Crippen molar-refractivity contribution in [2.24, 2.45) is 0 Å². The Labute approximate surface area is 94.0 Å². The molecule has 0 unspecified atom stereocenters. The van der Waals surface area contributed by atoms with Gasteiger partial charge in [0.05, 0.1) is 5.69 Å². The monoisotopic (exact) mass is 222 g/mol. The van der Waals surface area contributed by atoms with Gasteiger partial charge in [0.15, 0.2) is 0 Å². The summed E-state index contributed by atoms with van der Waals surface area (Å²) in [6.45, 7) is 1.37. The van der Waals surface area contributed by atoms with Crippen molar-refractivity contribution in [1.29, 1.82) is 0 Å². The Morgan fingerprint density at radius 3 is 2.75 bits per heavy atom. The number of rotatable bonds is 3. The molecule has 86 valence electrons. The molecule has 1 aliphatic rings. The zero-order valence-electron chi connectivity index (χ0n) is 9.22. The van der Waals surface area contributed by atoms with E-state index in [2.05, 4.69) is 10.6 Å². The van der Waals surface area contributed by atoms with Crippen LogP contribution in [-0.4, -0.2) is 11.9 Å². The van der Waals surface area contributed by atoms with Crippen molar-refractivity contribution >= 4 is 17.3 Å². The van der Waals surface area contributed by atoms with Gasteiger partial charge in [-0.05, 0) is 37.5 Å². The summed E-state index contributed by atoms with van der Waals surface area (Å²) >= 11 is 0. The molecule has 4 heteroatoms. The fourth-order valence-corrected chi connectivity index (χ4v) is 1.69. The van der Waals surface area contributed by atoms with Gasteiger partial charge >= 0.3 is 0 Å². The van der Waals surface area contributed by atoms with Gasteiger partial charge in [0.1, 0.15) is 5.82 Å². The molecule has 2 rings (SSSR count). The molecule has 1 amide bonds. The second kappa shape index (κ2) is 4.51. The van der Waals surface area contributed by atoms with Crippen molar-refractivity contribution < 1.29 is 9.18 Å². The Hall–Kier alpha value is -1.58. The van der Waals surface area contributed by atoms with Crippen LogP contribution >= 0.6 is 0 Å². The fraction of sp³-hybridized carbons (Fsp3) is 0.417. The van der Waals surface area contributed by atoms with E-state index in [0.717, 1.165) is 18.5 Å². The first-order valence-corrected chi connectivity index (χ1v) is 5.49. The minimum Gasteiger partial charge on any atom is -0.382 e. The van der Waals surface area contributed by atoms with Crippen LogP contribution in [0.25, 0.3) is 0 Å². The molecule has 1 aliphatic carbocycles. The lowest BCUT2D eigenvalue weighted by atomic mass is 9.93. The fourth-order valence-electron chi connectivity index (χ4n) is 1.69. The topological polar surface area (TPSA) is 41.1 Å². The van der Waals surface area contributed by atoms with Crippen LogP contribution in [0.15, 0.2) is 18.2 Å². The van der Waals surface area contributed by atoms with Crippen LogP contribution in [0.2, 0.25) is 0 Å². The SMILES string of the molecule is CC(=O)Nc1cc(NC2CCC2)ccc1F. The summed E-state index contributed by atoms with van der Waals surface area (Å²) in [5, 5.41) is 5.77. The maximum Gasteiger partial charge on any atom is 0.221 e. The van der Waals surface area contributed by atoms with Crippen LogP contribution in [0, 0.1) is 5.82 Å². The van der Waals surface area contributed by atoms with E-state index >= 15 is 0 Å². The molecule has 0 aromatic heterocycles. The summed E-state index contributed by atoms with van der Waals surface area (Å²) in [6.07, 6.45) is 3.57. The van der Waals surface area contributed by atoms with Crippen LogP contribution in [0.3, 0.4) is 0 Å². The molecule has 0 saturated heterocycles. The highest BCUT2D eigenvalue weighted by molar-refractivity contribution is 5.89. The summed E-state index contributed by atoms with van der Waals surface area (Å²) in [4.78, 5) is 10.9. The summed E-state index contributed by atoms with van der Waals surface area (Å²) < 4.78 is 13.3. The van der Waals surface area contributed by atoms with Gasteiger partial charge in [-0.15, -0.1) is 0 Å². The van der Waals surface area contributed by atoms with Crippen molar-refractivity contribution in [3.8, 4) is 0 Å². The lowest BCUT2D eigenvalue weighted by Crippen LogP contribution is -2.27. The minimum absolute atomic E-state index is 0.233. The Morgan fingerprint density at radius 1 is 1.44 bits per heavy atom. The first kappa shape index (κ1) is 10.9. The zero-order chi connectivity index (χ0) is 11.5. The average molecular weight is 222 g/mol. The first-order valence-electron chi connectivity index (χ1n) is 5.49. The second-order valence-electron chi connectivity index (χ2n) is 4.15. The number of halogens is 1.